The van der Waals surface area contributed by atoms with E-state index in [2.05, 4.69) is 9.71 Å². The summed E-state index contributed by atoms with van der Waals surface area (Å²) in [6.45, 7) is 2.05. The van der Waals surface area contributed by atoms with Crippen LogP contribution < -0.4 is 9.46 Å². The number of nitrogens with zero attached hydrogens (tertiary/aromatic N) is 1. The second kappa shape index (κ2) is 7.67. The number of para-hydroxylation sites is 1. The lowest BCUT2D eigenvalue weighted by Crippen LogP contribution is -2.23. The molecule has 0 aliphatic carbocycles. The Morgan fingerprint density at radius 2 is 2.15 bits per heavy atom. The fourth-order valence-electron chi connectivity index (χ4n) is 2.94. The van der Waals surface area contributed by atoms with E-state index in [0.29, 0.717) is 36.0 Å². The number of fused-ring (bicyclic) bond motifs is 1. The van der Waals surface area contributed by atoms with Crippen molar-refractivity contribution in [1.29, 1.82) is 0 Å². The first-order valence-electron chi connectivity index (χ1n) is 8.73. The second-order valence-corrected chi connectivity index (χ2v) is 8.15. The molecule has 1 atom stereocenters. The third kappa shape index (κ3) is 4.13. The zero-order chi connectivity index (χ0) is 18.7. The predicted octanol–water partition coefficient (Wildman–Crippen LogP) is 2.72. The highest BCUT2D eigenvalue weighted by Crippen LogP contribution is 2.24. The van der Waals surface area contributed by atoms with Gasteiger partial charge in [0, 0.05) is 42.3 Å². The maximum atomic E-state index is 12.6. The van der Waals surface area contributed by atoms with E-state index in [1.165, 1.54) is 6.07 Å². The molecule has 0 bridgehead atoms. The van der Waals surface area contributed by atoms with Gasteiger partial charge in [0.05, 0.1) is 19.4 Å². The summed E-state index contributed by atoms with van der Waals surface area (Å²) in [6.07, 6.45) is 4.17. The second-order valence-electron chi connectivity index (χ2n) is 6.45. The highest BCUT2D eigenvalue weighted by atomic mass is 32.2. The fraction of sp³-hybridized carbons (Fsp3) is 0.316. The van der Waals surface area contributed by atoms with E-state index in [0.717, 1.165) is 18.4 Å². The Morgan fingerprint density at radius 3 is 2.96 bits per heavy atom. The smallest absolute Gasteiger partial charge is 0.274 e. The Labute approximate surface area is 157 Å². The number of hydrogen-bond donors (Lipinski definition) is 1. The number of rotatable bonds is 7. The first-order valence-corrected chi connectivity index (χ1v) is 10.2. The standard InChI is InChI=1S/C19H20N2O5S/c22-27(23,19-9-15-3-1-2-4-17(15)26-19)21-10-16-5-7-20-11-18(16)25-13-14-6-8-24-12-14/h1-5,7,9,11,14,21H,6,8,10,12-13H2. The first kappa shape index (κ1) is 18.0. The number of furan rings is 1. The maximum Gasteiger partial charge on any atom is 0.274 e. The van der Waals surface area contributed by atoms with Crippen molar-refractivity contribution in [1.82, 2.24) is 9.71 Å². The predicted molar refractivity (Wildman–Crippen MR) is 98.9 cm³/mol. The largest absolute Gasteiger partial charge is 0.491 e. The third-order valence-corrected chi connectivity index (χ3v) is 5.74. The molecule has 0 spiro atoms. The van der Waals surface area contributed by atoms with Gasteiger partial charge in [-0.2, -0.15) is 0 Å². The third-order valence-electron chi connectivity index (χ3n) is 4.49. The van der Waals surface area contributed by atoms with Gasteiger partial charge in [-0.05, 0) is 18.6 Å². The Balaban J connectivity index is 1.45. The minimum absolute atomic E-state index is 0.0817. The molecule has 8 heteroatoms. The molecule has 7 nitrogen and oxygen atoms in total. The number of sulfonamides is 1. The number of nitrogens with one attached hydrogen (secondary N) is 1. The van der Waals surface area contributed by atoms with Crippen LogP contribution in [0.3, 0.4) is 0 Å². The van der Waals surface area contributed by atoms with Crippen molar-refractivity contribution in [3.05, 3.63) is 54.4 Å². The van der Waals surface area contributed by atoms with Crippen LogP contribution in [0.1, 0.15) is 12.0 Å². The SMILES string of the molecule is O=S(=O)(NCc1ccncc1OCC1CCOC1)c1cc2ccccc2o1. The average molecular weight is 388 g/mol. The molecule has 1 aromatic carbocycles. The Morgan fingerprint density at radius 1 is 1.26 bits per heavy atom. The molecule has 0 amide bonds. The van der Waals surface area contributed by atoms with Gasteiger partial charge in [-0.1, -0.05) is 18.2 Å². The van der Waals surface area contributed by atoms with Gasteiger partial charge in [0.1, 0.15) is 11.3 Å². The molecule has 1 unspecified atom stereocenters. The van der Waals surface area contributed by atoms with Crippen molar-refractivity contribution in [2.45, 2.75) is 18.1 Å². The summed E-state index contributed by atoms with van der Waals surface area (Å²) in [4.78, 5) is 4.07. The van der Waals surface area contributed by atoms with E-state index in [4.69, 9.17) is 13.9 Å². The van der Waals surface area contributed by atoms with Crippen molar-refractivity contribution >= 4 is 21.0 Å². The molecule has 1 fully saturated rings. The van der Waals surface area contributed by atoms with Crippen molar-refractivity contribution in [3.63, 3.8) is 0 Å². The molecule has 2 aromatic heterocycles. The van der Waals surface area contributed by atoms with E-state index in [9.17, 15) is 8.42 Å². The lowest BCUT2D eigenvalue weighted by atomic mass is 10.1. The van der Waals surface area contributed by atoms with Gasteiger partial charge in [-0.15, -0.1) is 0 Å². The number of benzene rings is 1. The van der Waals surface area contributed by atoms with Crippen LogP contribution in [0.2, 0.25) is 0 Å². The minimum atomic E-state index is -3.78. The monoisotopic (exact) mass is 388 g/mol. The quantitative estimate of drug-likeness (QED) is 0.669. The van der Waals surface area contributed by atoms with Crippen molar-refractivity contribution < 1.29 is 22.3 Å². The molecule has 1 aliphatic heterocycles. The van der Waals surface area contributed by atoms with Crippen molar-refractivity contribution in [2.24, 2.45) is 5.92 Å². The van der Waals surface area contributed by atoms with Crippen LogP contribution in [0.5, 0.6) is 5.75 Å². The molecule has 1 saturated heterocycles. The van der Waals surface area contributed by atoms with E-state index in [1.54, 1.807) is 36.7 Å². The van der Waals surface area contributed by atoms with Crippen LogP contribution in [0.25, 0.3) is 11.0 Å². The van der Waals surface area contributed by atoms with Gasteiger partial charge < -0.3 is 13.9 Å². The van der Waals surface area contributed by atoms with E-state index >= 15 is 0 Å². The summed E-state index contributed by atoms with van der Waals surface area (Å²) >= 11 is 0. The minimum Gasteiger partial charge on any atom is -0.491 e. The highest BCUT2D eigenvalue weighted by Gasteiger charge is 2.21. The van der Waals surface area contributed by atoms with E-state index < -0.39 is 10.0 Å². The van der Waals surface area contributed by atoms with Crippen molar-refractivity contribution in [3.8, 4) is 5.75 Å². The van der Waals surface area contributed by atoms with E-state index in [1.807, 2.05) is 6.07 Å². The highest BCUT2D eigenvalue weighted by molar-refractivity contribution is 7.89. The molecule has 3 aromatic rings. The van der Waals surface area contributed by atoms with Gasteiger partial charge in [0.25, 0.3) is 10.0 Å². The number of aromatic nitrogens is 1. The lowest BCUT2D eigenvalue weighted by Gasteiger charge is -2.13. The van der Waals surface area contributed by atoms with Crippen LogP contribution in [0.15, 0.2) is 58.3 Å². The Bertz CT molecular complexity index is 992. The normalized spacial score (nSPS) is 17.4. The zero-order valence-corrected chi connectivity index (χ0v) is 15.4. The molecule has 1 aliphatic rings. The summed E-state index contributed by atoms with van der Waals surface area (Å²) in [7, 11) is -3.78. The molecule has 0 saturated carbocycles. The van der Waals surface area contributed by atoms with Gasteiger partial charge in [-0.25, -0.2) is 13.1 Å². The van der Waals surface area contributed by atoms with Gasteiger partial charge in [0.2, 0.25) is 5.09 Å². The van der Waals surface area contributed by atoms with Crippen LogP contribution in [-0.2, 0) is 21.3 Å². The van der Waals surface area contributed by atoms with Gasteiger partial charge in [0.15, 0.2) is 0 Å². The topological polar surface area (TPSA) is 90.7 Å². The fourth-order valence-corrected chi connectivity index (χ4v) is 3.91. The molecule has 3 heterocycles. The molecular weight excluding hydrogens is 368 g/mol. The van der Waals surface area contributed by atoms with Crippen LogP contribution in [-0.4, -0.2) is 33.2 Å². The summed E-state index contributed by atoms with van der Waals surface area (Å²) in [5.41, 5.74) is 1.24. The number of hydrogen-bond acceptors (Lipinski definition) is 6. The molecule has 0 radical (unpaired) electrons. The summed E-state index contributed by atoms with van der Waals surface area (Å²) in [5, 5.41) is 0.632. The van der Waals surface area contributed by atoms with E-state index in [-0.39, 0.29) is 11.6 Å². The lowest BCUT2D eigenvalue weighted by molar-refractivity contribution is 0.166. The van der Waals surface area contributed by atoms with Gasteiger partial charge in [-0.3, -0.25) is 4.98 Å². The number of pyridine rings is 1. The molecule has 27 heavy (non-hydrogen) atoms. The number of ether oxygens (including phenoxy) is 2. The summed E-state index contributed by atoms with van der Waals surface area (Å²) in [5.74, 6) is 0.919. The maximum absolute atomic E-state index is 12.6. The molecule has 142 valence electrons. The van der Waals surface area contributed by atoms with Crippen LogP contribution in [0.4, 0.5) is 0 Å². The molecule has 4 rings (SSSR count). The van der Waals surface area contributed by atoms with Gasteiger partial charge >= 0.3 is 0 Å². The average Bonchev–Trinajstić information content (AvgIpc) is 3.35. The van der Waals surface area contributed by atoms with Crippen molar-refractivity contribution in [2.75, 3.05) is 19.8 Å². The Hall–Kier alpha value is -2.42. The zero-order valence-electron chi connectivity index (χ0n) is 14.6. The Kier molecular flexibility index (Phi) is 5.11. The van der Waals surface area contributed by atoms with Crippen LogP contribution in [0, 0.1) is 5.92 Å². The first-order chi connectivity index (χ1) is 13.1. The molecule has 1 N–H and O–H groups in total. The summed E-state index contributed by atoms with van der Waals surface area (Å²) < 4.78 is 44.4. The molecular formula is C19H20N2O5S. The van der Waals surface area contributed by atoms with Crippen LogP contribution >= 0.6 is 0 Å². The summed E-state index contributed by atoms with van der Waals surface area (Å²) in [6, 6.07) is 10.4.